The Bertz CT molecular complexity index is 558. The maximum Gasteiger partial charge on any atom is 0.416 e. The summed E-state index contributed by atoms with van der Waals surface area (Å²) in [6.07, 6.45) is -2.82. The van der Waals surface area contributed by atoms with E-state index in [4.69, 9.17) is 10.3 Å². The number of alkyl halides is 3. The van der Waals surface area contributed by atoms with Crippen LogP contribution in [-0.4, -0.2) is 5.16 Å². The lowest BCUT2D eigenvalue weighted by Gasteiger charge is -2.07. The summed E-state index contributed by atoms with van der Waals surface area (Å²) in [6.45, 7) is 1.98. The zero-order chi connectivity index (χ0) is 14.0. The largest absolute Gasteiger partial charge is 0.416 e. The monoisotopic (exact) mass is 270 g/mol. The Kier molecular flexibility index (Phi) is 3.50. The van der Waals surface area contributed by atoms with Crippen LogP contribution in [0.1, 0.15) is 24.5 Å². The fraction of sp³-hybridized carbons (Fsp3) is 0.308. The fourth-order valence-electron chi connectivity index (χ4n) is 1.85. The topological polar surface area (TPSA) is 52.0 Å². The second kappa shape index (κ2) is 4.95. The molecule has 3 nitrogen and oxygen atoms in total. The van der Waals surface area contributed by atoms with Crippen molar-refractivity contribution in [3.05, 3.63) is 35.4 Å². The Hall–Kier alpha value is -1.98. The van der Waals surface area contributed by atoms with Gasteiger partial charge in [-0.15, -0.1) is 0 Å². The zero-order valence-electron chi connectivity index (χ0n) is 10.3. The number of benzene rings is 1. The van der Waals surface area contributed by atoms with E-state index < -0.39 is 11.7 Å². The Morgan fingerprint density at radius 3 is 2.37 bits per heavy atom. The molecule has 0 bridgehead atoms. The number of hydrogen-bond donors (Lipinski definition) is 1. The number of nitrogen functional groups attached to an aromatic ring is 1. The molecule has 0 aliphatic carbocycles. The molecule has 0 spiro atoms. The van der Waals surface area contributed by atoms with E-state index in [1.54, 1.807) is 0 Å². The first-order chi connectivity index (χ1) is 8.93. The lowest BCUT2D eigenvalue weighted by Crippen LogP contribution is -2.04. The number of anilines is 1. The minimum absolute atomic E-state index is 0.289. The molecule has 0 saturated carbocycles. The second-order valence-electron chi connectivity index (χ2n) is 4.20. The van der Waals surface area contributed by atoms with Gasteiger partial charge in [0.1, 0.15) is 0 Å². The van der Waals surface area contributed by atoms with Crippen LogP contribution in [-0.2, 0) is 12.6 Å². The highest BCUT2D eigenvalue weighted by Gasteiger charge is 2.30. The molecule has 2 rings (SSSR count). The molecule has 0 aliphatic heterocycles. The van der Waals surface area contributed by atoms with Crippen molar-refractivity contribution < 1.29 is 17.7 Å². The average Bonchev–Trinajstić information content (AvgIpc) is 2.71. The smallest absolute Gasteiger partial charge is 0.381 e. The van der Waals surface area contributed by atoms with Gasteiger partial charge < -0.3 is 10.3 Å². The summed E-state index contributed by atoms with van der Waals surface area (Å²) in [7, 11) is 0. The summed E-state index contributed by atoms with van der Waals surface area (Å²) in [5, 5.41) is 3.66. The van der Waals surface area contributed by atoms with Crippen molar-refractivity contribution in [2.45, 2.75) is 25.9 Å². The van der Waals surface area contributed by atoms with Crippen molar-refractivity contribution in [2.75, 3.05) is 5.73 Å². The van der Waals surface area contributed by atoms with E-state index in [1.165, 1.54) is 12.1 Å². The highest BCUT2D eigenvalue weighted by molar-refractivity contribution is 5.66. The Labute approximate surface area is 108 Å². The van der Waals surface area contributed by atoms with Crippen LogP contribution in [0.25, 0.3) is 11.3 Å². The number of nitrogens with two attached hydrogens (primary N) is 1. The summed E-state index contributed by atoms with van der Waals surface area (Å²) in [5.41, 5.74) is 6.27. The van der Waals surface area contributed by atoms with E-state index in [9.17, 15) is 13.2 Å². The maximum absolute atomic E-state index is 12.5. The van der Waals surface area contributed by atoms with Crippen molar-refractivity contribution in [1.82, 2.24) is 5.16 Å². The van der Waals surface area contributed by atoms with Gasteiger partial charge in [0.15, 0.2) is 11.6 Å². The van der Waals surface area contributed by atoms with Crippen LogP contribution >= 0.6 is 0 Å². The van der Waals surface area contributed by atoms with Gasteiger partial charge in [-0.2, -0.15) is 13.2 Å². The van der Waals surface area contributed by atoms with Crippen LogP contribution in [0.15, 0.2) is 28.8 Å². The number of halogens is 3. The average molecular weight is 270 g/mol. The Morgan fingerprint density at radius 2 is 1.84 bits per heavy atom. The highest BCUT2D eigenvalue weighted by Crippen LogP contribution is 2.33. The Morgan fingerprint density at radius 1 is 1.21 bits per heavy atom. The predicted octanol–water partition coefficient (Wildman–Crippen LogP) is 3.90. The molecule has 6 heteroatoms. The highest BCUT2D eigenvalue weighted by atomic mass is 19.4. The minimum atomic E-state index is -4.34. The fourth-order valence-corrected chi connectivity index (χ4v) is 1.85. The molecule has 1 aromatic carbocycles. The van der Waals surface area contributed by atoms with E-state index in [-0.39, 0.29) is 5.82 Å². The summed E-state index contributed by atoms with van der Waals surface area (Å²) in [5.74, 6) is 0.727. The van der Waals surface area contributed by atoms with Crippen LogP contribution in [0.3, 0.4) is 0 Å². The van der Waals surface area contributed by atoms with Gasteiger partial charge in [0.2, 0.25) is 0 Å². The maximum atomic E-state index is 12.5. The molecule has 19 heavy (non-hydrogen) atoms. The van der Waals surface area contributed by atoms with E-state index in [2.05, 4.69) is 5.16 Å². The lowest BCUT2D eigenvalue weighted by molar-refractivity contribution is -0.137. The van der Waals surface area contributed by atoms with Crippen molar-refractivity contribution in [2.24, 2.45) is 0 Å². The Balaban J connectivity index is 2.38. The van der Waals surface area contributed by atoms with Crippen molar-refractivity contribution in [3.63, 3.8) is 0 Å². The third-order valence-electron chi connectivity index (χ3n) is 2.79. The minimum Gasteiger partial charge on any atom is -0.381 e. The number of hydrogen-bond acceptors (Lipinski definition) is 3. The second-order valence-corrected chi connectivity index (χ2v) is 4.20. The molecule has 0 amide bonds. The predicted molar refractivity (Wildman–Crippen MR) is 65.3 cm³/mol. The number of aromatic nitrogens is 1. The molecular weight excluding hydrogens is 257 g/mol. The molecule has 102 valence electrons. The van der Waals surface area contributed by atoms with E-state index in [0.717, 1.165) is 24.1 Å². The molecule has 2 N–H and O–H groups in total. The number of nitrogens with zero attached hydrogens (tertiary/aromatic N) is 1. The van der Waals surface area contributed by atoms with Crippen LogP contribution in [0.4, 0.5) is 19.0 Å². The molecule has 0 radical (unpaired) electrons. The molecule has 2 aromatic rings. The third kappa shape index (κ3) is 2.72. The van der Waals surface area contributed by atoms with Gasteiger partial charge in [0.05, 0.1) is 5.56 Å². The van der Waals surface area contributed by atoms with Gasteiger partial charge in [-0.1, -0.05) is 30.6 Å². The SMILES string of the molecule is CCCc1c(N)noc1-c1ccc(C(F)(F)F)cc1. The van der Waals surface area contributed by atoms with Crippen molar-refractivity contribution >= 4 is 5.82 Å². The molecule has 1 heterocycles. The first kappa shape index (κ1) is 13.5. The zero-order valence-corrected chi connectivity index (χ0v) is 10.3. The molecule has 1 aromatic heterocycles. The molecule has 0 fully saturated rings. The van der Waals surface area contributed by atoms with Gasteiger partial charge in [0, 0.05) is 11.1 Å². The molecule has 0 saturated heterocycles. The summed E-state index contributed by atoms with van der Waals surface area (Å²) in [6, 6.07) is 4.76. The van der Waals surface area contributed by atoms with E-state index in [0.29, 0.717) is 17.7 Å². The normalized spacial score (nSPS) is 11.8. The lowest BCUT2D eigenvalue weighted by atomic mass is 10.0. The third-order valence-corrected chi connectivity index (χ3v) is 2.79. The van der Waals surface area contributed by atoms with E-state index >= 15 is 0 Å². The van der Waals surface area contributed by atoms with Crippen molar-refractivity contribution in [3.8, 4) is 11.3 Å². The first-order valence-electron chi connectivity index (χ1n) is 5.85. The van der Waals surface area contributed by atoms with Crippen LogP contribution in [0.2, 0.25) is 0 Å². The molecule has 0 atom stereocenters. The van der Waals surface area contributed by atoms with Gasteiger partial charge in [-0.05, 0) is 18.6 Å². The van der Waals surface area contributed by atoms with Crippen molar-refractivity contribution in [1.29, 1.82) is 0 Å². The standard InChI is InChI=1S/C13H13F3N2O/c1-2-3-10-11(19-18-12(10)17)8-4-6-9(7-5-8)13(14,15)16/h4-7H,2-3H2,1H3,(H2,17,18). The molecule has 0 aliphatic rings. The first-order valence-corrected chi connectivity index (χ1v) is 5.85. The summed E-state index contributed by atoms with van der Waals surface area (Å²) < 4.78 is 42.5. The van der Waals surface area contributed by atoms with Gasteiger partial charge >= 0.3 is 6.18 Å². The van der Waals surface area contributed by atoms with E-state index in [1.807, 2.05) is 6.92 Å². The van der Waals surface area contributed by atoms with Gasteiger partial charge in [-0.25, -0.2) is 0 Å². The van der Waals surface area contributed by atoms with Crippen LogP contribution in [0, 0.1) is 0 Å². The number of rotatable bonds is 3. The van der Waals surface area contributed by atoms with Crippen LogP contribution in [0.5, 0.6) is 0 Å². The van der Waals surface area contributed by atoms with Gasteiger partial charge in [0.25, 0.3) is 0 Å². The molecular formula is C13H13F3N2O. The molecule has 0 unspecified atom stereocenters. The summed E-state index contributed by atoms with van der Waals surface area (Å²) in [4.78, 5) is 0. The quantitative estimate of drug-likeness (QED) is 0.920. The summed E-state index contributed by atoms with van der Waals surface area (Å²) >= 11 is 0. The van der Waals surface area contributed by atoms with Crippen LogP contribution < -0.4 is 5.73 Å². The van der Waals surface area contributed by atoms with Gasteiger partial charge in [-0.3, -0.25) is 0 Å².